The molecular formula is C12H7F3N4. The minimum Gasteiger partial charge on any atom is -0.338 e. The highest BCUT2D eigenvalue weighted by Gasteiger charge is 2.30. The summed E-state index contributed by atoms with van der Waals surface area (Å²) in [5.41, 5.74) is -0.390. The molecule has 0 aliphatic heterocycles. The fourth-order valence-corrected chi connectivity index (χ4v) is 1.42. The molecule has 0 saturated carbocycles. The Morgan fingerprint density at radius 1 is 1.21 bits per heavy atom. The highest BCUT2D eigenvalue weighted by atomic mass is 19.4. The van der Waals surface area contributed by atoms with Gasteiger partial charge in [0.2, 0.25) is 0 Å². The van der Waals surface area contributed by atoms with Gasteiger partial charge in [0, 0.05) is 5.69 Å². The van der Waals surface area contributed by atoms with Crippen LogP contribution in [0.1, 0.15) is 11.1 Å². The summed E-state index contributed by atoms with van der Waals surface area (Å²) in [6, 6.07) is 7.92. The maximum absolute atomic E-state index is 12.5. The minimum atomic E-state index is -4.42. The van der Waals surface area contributed by atoms with Gasteiger partial charge in [-0.25, -0.2) is 0 Å². The topological polar surface area (TPSA) is 61.6 Å². The predicted octanol–water partition coefficient (Wildman–Crippen LogP) is 3.11. The average Bonchev–Trinajstić information content (AvgIpc) is 2.39. The number of rotatable bonds is 2. The molecule has 0 fully saturated rings. The van der Waals surface area contributed by atoms with Gasteiger partial charge in [-0.05, 0) is 24.3 Å². The number of anilines is 2. The van der Waals surface area contributed by atoms with E-state index >= 15 is 0 Å². The fourth-order valence-electron chi connectivity index (χ4n) is 1.42. The van der Waals surface area contributed by atoms with Crippen LogP contribution in [0.5, 0.6) is 0 Å². The van der Waals surface area contributed by atoms with Crippen LogP contribution in [0, 0.1) is 11.3 Å². The van der Waals surface area contributed by atoms with Crippen molar-refractivity contribution in [2.24, 2.45) is 0 Å². The standard InChI is InChI=1S/C12H7F3N4/c13-12(14,15)9-2-1-3-10(6-9)18-11-8(7-16)4-5-17-19-11/h1-6H,(H,18,19). The third-order valence-electron chi connectivity index (χ3n) is 2.29. The molecule has 1 heterocycles. The Kier molecular flexibility index (Phi) is 3.33. The van der Waals surface area contributed by atoms with Crippen LogP contribution in [0.4, 0.5) is 24.7 Å². The monoisotopic (exact) mass is 264 g/mol. The van der Waals surface area contributed by atoms with Crippen LogP contribution in [0.25, 0.3) is 0 Å². The maximum atomic E-state index is 12.5. The molecule has 7 heteroatoms. The van der Waals surface area contributed by atoms with Crippen LogP contribution < -0.4 is 5.32 Å². The summed E-state index contributed by atoms with van der Waals surface area (Å²) >= 11 is 0. The summed E-state index contributed by atoms with van der Waals surface area (Å²) < 4.78 is 37.6. The van der Waals surface area contributed by atoms with Crippen molar-refractivity contribution in [1.29, 1.82) is 5.26 Å². The zero-order valence-electron chi connectivity index (χ0n) is 9.44. The Hall–Kier alpha value is -2.62. The van der Waals surface area contributed by atoms with Gasteiger partial charge in [0.1, 0.15) is 6.07 Å². The first-order valence-electron chi connectivity index (χ1n) is 5.17. The first-order chi connectivity index (χ1) is 9.00. The summed E-state index contributed by atoms with van der Waals surface area (Å²) in [7, 11) is 0. The Morgan fingerprint density at radius 3 is 2.68 bits per heavy atom. The molecule has 0 spiro atoms. The van der Waals surface area contributed by atoms with Gasteiger partial charge in [-0.15, -0.1) is 5.10 Å². The highest BCUT2D eigenvalue weighted by Crippen LogP contribution is 2.31. The van der Waals surface area contributed by atoms with Crippen molar-refractivity contribution >= 4 is 11.5 Å². The van der Waals surface area contributed by atoms with Crippen molar-refractivity contribution in [3.63, 3.8) is 0 Å². The van der Waals surface area contributed by atoms with Crippen molar-refractivity contribution in [1.82, 2.24) is 10.2 Å². The van der Waals surface area contributed by atoms with E-state index in [0.29, 0.717) is 0 Å². The summed E-state index contributed by atoms with van der Waals surface area (Å²) in [4.78, 5) is 0. The van der Waals surface area contributed by atoms with Crippen LogP contribution in [-0.2, 0) is 6.18 Å². The third kappa shape index (κ3) is 2.98. The fraction of sp³-hybridized carbons (Fsp3) is 0.0833. The van der Waals surface area contributed by atoms with Gasteiger partial charge < -0.3 is 5.32 Å². The van der Waals surface area contributed by atoms with Crippen LogP contribution in [-0.4, -0.2) is 10.2 Å². The molecule has 1 N–H and O–H groups in total. The second kappa shape index (κ2) is 4.94. The lowest BCUT2D eigenvalue weighted by Crippen LogP contribution is -2.05. The maximum Gasteiger partial charge on any atom is 0.416 e. The molecule has 0 saturated heterocycles. The first kappa shape index (κ1) is 12.8. The van der Waals surface area contributed by atoms with Crippen LogP contribution >= 0.6 is 0 Å². The number of nitrogens with zero attached hydrogens (tertiary/aromatic N) is 3. The second-order valence-corrected chi connectivity index (χ2v) is 3.61. The van der Waals surface area contributed by atoms with Crippen LogP contribution in [0.15, 0.2) is 36.5 Å². The van der Waals surface area contributed by atoms with Crippen LogP contribution in [0.2, 0.25) is 0 Å². The number of benzene rings is 1. The Labute approximate surface area is 106 Å². The van der Waals surface area contributed by atoms with Gasteiger partial charge in [-0.1, -0.05) is 6.07 Å². The molecule has 2 rings (SSSR count). The number of halogens is 3. The van der Waals surface area contributed by atoms with E-state index in [9.17, 15) is 13.2 Å². The molecule has 96 valence electrons. The molecule has 1 aromatic carbocycles. The van der Waals surface area contributed by atoms with Crippen molar-refractivity contribution in [2.75, 3.05) is 5.32 Å². The highest BCUT2D eigenvalue weighted by molar-refractivity contribution is 5.62. The molecule has 2 aromatic rings. The van der Waals surface area contributed by atoms with E-state index in [4.69, 9.17) is 5.26 Å². The molecule has 4 nitrogen and oxygen atoms in total. The van der Waals surface area contributed by atoms with Gasteiger partial charge in [-0.2, -0.15) is 23.5 Å². The molecule has 0 atom stereocenters. The number of aromatic nitrogens is 2. The Balaban J connectivity index is 2.32. The first-order valence-corrected chi connectivity index (χ1v) is 5.17. The lowest BCUT2D eigenvalue weighted by Gasteiger charge is -2.10. The van der Waals surface area contributed by atoms with E-state index < -0.39 is 11.7 Å². The molecule has 0 unspecified atom stereocenters. The molecule has 0 radical (unpaired) electrons. The van der Waals surface area contributed by atoms with E-state index in [-0.39, 0.29) is 17.1 Å². The summed E-state index contributed by atoms with van der Waals surface area (Å²) in [5.74, 6) is 0.115. The lowest BCUT2D eigenvalue weighted by atomic mass is 10.2. The van der Waals surface area contributed by atoms with E-state index in [1.165, 1.54) is 24.4 Å². The van der Waals surface area contributed by atoms with Gasteiger partial charge in [0.15, 0.2) is 5.82 Å². The predicted molar refractivity (Wildman–Crippen MR) is 61.5 cm³/mol. The normalized spacial score (nSPS) is 10.8. The van der Waals surface area contributed by atoms with Gasteiger partial charge in [0.25, 0.3) is 0 Å². The second-order valence-electron chi connectivity index (χ2n) is 3.61. The van der Waals surface area contributed by atoms with Gasteiger partial charge in [-0.3, -0.25) is 0 Å². The Bertz CT molecular complexity index is 631. The van der Waals surface area contributed by atoms with E-state index in [0.717, 1.165) is 12.1 Å². The number of nitrogens with one attached hydrogen (secondary N) is 1. The number of nitriles is 1. The summed E-state index contributed by atoms with van der Waals surface area (Å²) in [6.45, 7) is 0. The third-order valence-corrected chi connectivity index (χ3v) is 2.29. The van der Waals surface area contributed by atoms with Crippen molar-refractivity contribution in [3.8, 4) is 6.07 Å². The summed E-state index contributed by atoms with van der Waals surface area (Å²) in [6.07, 6.45) is -3.09. The number of alkyl halides is 3. The zero-order valence-corrected chi connectivity index (χ0v) is 9.44. The van der Waals surface area contributed by atoms with Gasteiger partial charge in [0.05, 0.1) is 17.3 Å². The van der Waals surface area contributed by atoms with Crippen LogP contribution in [0.3, 0.4) is 0 Å². The van der Waals surface area contributed by atoms with Gasteiger partial charge >= 0.3 is 6.18 Å². The molecule has 0 aliphatic rings. The molecule has 0 bridgehead atoms. The van der Waals surface area contributed by atoms with Crippen molar-refractivity contribution in [3.05, 3.63) is 47.7 Å². The molecule has 0 aliphatic carbocycles. The smallest absolute Gasteiger partial charge is 0.338 e. The van der Waals surface area contributed by atoms with E-state index in [1.807, 2.05) is 6.07 Å². The minimum absolute atomic E-state index is 0.115. The lowest BCUT2D eigenvalue weighted by molar-refractivity contribution is -0.137. The number of hydrogen-bond donors (Lipinski definition) is 1. The zero-order chi connectivity index (χ0) is 13.9. The average molecular weight is 264 g/mol. The Morgan fingerprint density at radius 2 is 2.00 bits per heavy atom. The summed E-state index contributed by atoms with van der Waals surface area (Å²) in [5, 5.41) is 18.7. The molecule has 19 heavy (non-hydrogen) atoms. The van der Waals surface area contributed by atoms with Crippen molar-refractivity contribution in [2.45, 2.75) is 6.18 Å². The van der Waals surface area contributed by atoms with Crippen molar-refractivity contribution < 1.29 is 13.2 Å². The van der Waals surface area contributed by atoms with E-state index in [1.54, 1.807) is 0 Å². The quantitative estimate of drug-likeness (QED) is 0.905. The molecular weight excluding hydrogens is 257 g/mol. The largest absolute Gasteiger partial charge is 0.416 e. The SMILES string of the molecule is N#Cc1ccnnc1Nc1cccc(C(F)(F)F)c1. The molecule has 0 amide bonds. The molecule has 1 aromatic heterocycles. The van der Waals surface area contributed by atoms with E-state index in [2.05, 4.69) is 15.5 Å². The number of hydrogen-bond acceptors (Lipinski definition) is 4.